The maximum absolute atomic E-state index is 13.1. The number of benzene rings is 2. The summed E-state index contributed by atoms with van der Waals surface area (Å²) in [5.41, 5.74) is 1.24. The van der Waals surface area contributed by atoms with E-state index >= 15 is 0 Å². The molecule has 2 aromatic heterocycles. The molecule has 1 aliphatic heterocycles. The minimum absolute atomic E-state index is 0.201. The molecular formula is C24H20ClN3O4S. The summed E-state index contributed by atoms with van der Waals surface area (Å²) in [5.74, 6) is 1.08. The molecule has 0 radical (unpaired) electrons. The lowest BCUT2D eigenvalue weighted by Gasteiger charge is -2.26. The van der Waals surface area contributed by atoms with Crippen LogP contribution in [0.1, 0.15) is 20.8 Å². The third-order valence-electron chi connectivity index (χ3n) is 5.48. The van der Waals surface area contributed by atoms with E-state index in [1.54, 1.807) is 13.0 Å². The molecule has 1 aliphatic rings. The van der Waals surface area contributed by atoms with E-state index in [-0.39, 0.29) is 24.1 Å². The minimum Gasteiger partial charge on any atom is -0.486 e. The highest BCUT2D eigenvalue weighted by Gasteiger charge is 2.24. The van der Waals surface area contributed by atoms with Crippen LogP contribution in [0.3, 0.4) is 0 Å². The highest BCUT2D eigenvalue weighted by molar-refractivity contribution is 7.20. The van der Waals surface area contributed by atoms with Crippen molar-refractivity contribution in [3.8, 4) is 11.5 Å². The number of carbonyl (C=O) groups is 1. The molecule has 0 saturated carbocycles. The maximum Gasteiger partial charge on any atom is 0.262 e. The van der Waals surface area contributed by atoms with Gasteiger partial charge in [0.15, 0.2) is 11.5 Å². The first-order valence-corrected chi connectivity index (χ1v) is 11.6. The molecule has 0 aliphatic carbocycles. The number of aryl methyl sites for hydroxylation is 1. The molecule has 2 aromatic carbocycles. The number of carbonyl (C=O) groups excluding carboxylic acids is 1. The number of hydrogen-bond acceptors (Lipinski definition) is 6. The molecule has 0 bridgehead atoms. The van der Waals surface area contributed by atoms with Crippen molar-refractivity contribution in [3.05, 3.63) is 86.2 Å². The maximum atomic E-state index is 13.1. The molecule has 1 N–H and O–H groups in total. The average Bonchev–Trinajstić information content (AvgIpc) is 3.17. The highest BCUT2D eigenvalue weighted by atomic mass is 35.5. The van der Waals surface area contributed by atoms with Crippen LogP contribution in [0.5, 0.6) is 11.5 Å². The Morgan fingerprint density at radius 3 is 2.79 bits per heavy atom. The average molecular weight is 482 g/mol. The molecule has 0 spiro atoms. The van der Waals surface area contributed by atoms with Crippen LogP contribution in [0, 0.1) is 6.92 Å². The van der Waals surface area contributed by atoms with Gasteiger partial charge in [-0.3, -0.25) is 14.2 Å². The zero-order valence-corrected chi connectivity index (χ0v) is 19.3. The van der Waals surface area contributed by atoms with E-state index < -0.39 is 0 Å². The van der Waals surface area contributed by atoms with Gasteiger partial charge in [0.1, 0.15) is 17.5 Å². The van der Waals surface area contributed by atoms with Crippen LogP contribution < -0.4 is 20.3 Å². The molecule has 9 heteroatoms. The second-order valence-electron chi connectivity index (χ2n) is 7.71. The van der Waals surface area contributed by atoms with E-state index in [0.29, 0.717) is 50.3 Å². The first kappa shape index (κ1) is 21.5. The number of fused-ring (bicyclic) bond motifs is 2. The Hall–Kier alpha value is -3.36. The van der Waals surface area contributed by atoms with Crippen molar-refractivity contribution in [1.29, 1.82) is 0 Å². The molecule has 7 nitrogen and oxygen atoms in total. The number of ether oxygens (including phenoxy) is 2. The lowest BCUT2D eigenvalue weighted by atomic mass is 10.2. The number of nitrogens with zero attached hydrogens (tertiary/aromatic N) is 2. The quantitative estimate of drug-likeness (QED) is 0.465. The largest absolute Gasteiger partial charge is 0.486 e. The summed E-state index contributed by atoms with van der Waals surface area (Å²) >= 11 is 7.45. The van der Waals surface area contributed by atoms with E-state index in [2.05, 4.69) is 10.3 Å². The standard InChI is InChI=1S/C24H20ClN3O4S/c1-14-20-23(27-13-28(24(20)30)11-15-6-2-3-7-17(15)25)33-21(14)22(29)26-10-16-12-31-18-8-4-5-9-19(18)32-16/h2-9,13,16H,10-12H2,1H3,(H,26,29). The van der Waals surface area contributed by atoms with E-state index in [4.69, 9.17) is 21.1 Å². The summed E-state index contributed by atoms with van der Waals surface area (Å²) in [4.78, 5) is 31.5. The zero-order chi connectivity index (χ0) is 22.9. The van der Waals surface area contributed by atoms with Crippen molar-refractivity contribution in [3.63, 3.8) is 0 Å². The summed E-state index contributed by atoms with van der Waals surface area (Å²) in [6.07, 6.45) is 1.19. The molecule has 4 aromatic rings. The topological polar surface area (TPSA) is 82.4 Å². The van der Waals surface area contributed by atoms with Crippen LogP contribution in [0.25, 0.3) is 10.2 Å². The van der Waals surface area contributed by atoms with Crippen molar-refractivity contribution in [2.24, 2.45) is 0 Å². The Labute approximate surface area is 198 Å². The predicted molar refractivity (Wildman–Crippen MR) is 128 cm³/mol. The Balaban J connectivity index is 1.34. The van der Waals surface area contributed by atoms with Gasteiger partial charge in [0.2, 0.25) is 0 Å². The van der Waals surface area contributed by atoms with Crippen molar-refractivity contribution in [1.82, 2.24) is 14.9 Å². The highest BCUT2D eigenvalue weighted by Crippen LogP contribution is 2.31. The van der Waals surface area contributed by atoms with E-state index in [9.17, 15) is 9.59 Å². The minimum atomic E-state index is -0.301. The number of amides is 1. The normalized spacial score (nSPS) is 14.9. The first-order valence-electron chi connectivity index (χ1n) is 10.4. The lowest BCUT2D eigenvalue weighted by Crippen LogP contribution is -2.40. The molecule has 1 atom stereocenters. The zero-order valence-electron chi connectivity index (χ0n) is 17.7. The predicted octanol–water partition coefficient (Wildman–Crippen LogP) is 4.04. The molecule has 1 amide bonds. The molecular weight excluding hydrogens is 462 g/mol. The van der Waals surface area contributed by atoms with Gasteiger partial charge in [-0.15, -0.1) is 11.3 Å². The second kappa shape index (κ2) is 8.88. The number of nitrogens with one attached hydrogen (secondary N) is 1. The number of rotatable bonds is 5. The monoisotopic (exact) mass is 481 g/mol. The van der Waals surface area contributed by atoms with Gasteiger partial charge in [0.25, 0.3) is 11.5 Å². The van der Waals surface area contributed by atoms with Gasteiger partial charge in [-0.2, -0.15) is 0 Å². The third-order valence-corrected chi connectivity index (χ3v) is 7.05. The van der Waals surface area contributed by atoms with E-state index in [0.717, 1.165) is 5.56 Å². The van der Waals surface area contributed by atoms with Gasteiger partial charge < -0.3 is 14.8 Å². The van der Waals surface area contributed by atoms with Crippen LogP contribution in [-0.2, 0) is 6.54 Å². The third kappa shape index (κ3) is 4.19. The number of aromatic nitrogens is 2. The summed E-state index contributed by atoms with van der Waals surface area (Å²) in [5, 5.41) is 3.93. The summed E-state index contributed by atoms with van der Waals surface area (Å²) < 4.78 is 13.1. The first-order chi connectivity index (χ1) is 16.0. The number of para-hydroxylation sites is 2. The van der Waals surface area contributed by atoms with Crippen LogP contribution in [0.15, 0.2) is 59.7 Å². The van der Waals surface area contributed by atoms with Crippen molar-refractivity contribution in [2.45, 2.75) is 19.6 Å². The number of hydrogen-bond donors (Lipinski definition) is 1. The molecule has 0 fully saturated rings. The van der Waals surface area contributed by atoms with Gasteiger partial charge in [-0.25, -0.2) is 4.98 Å². The number of halogens is 1. The van der Waals surface area contributed by atoms with Crippen molar-refractivity contribution in [2.75, 3.05) is 13.2 Å². The fourth-order valence-corrected chi connectivity index (χ4v) is 5.00. The van der Waals surface area contributed by atoms with Crippen molar-refractivity contribution < 1.29 is 14.3 Å². The molecule has 168 valence electrons. The van der Waals surface area contributed by atoms with E-state index in [1.807, 2.05) is 42.5 Å². The Morgan fingerprint density at radius 2 is 1.97 bits per heavy atom. The summed E-state index contributed by atoms with van der Waals surface area (Å²) in [6.45, 7) is 2.70. The Kier molecular flexibility index (Phi) is 5.78. The van der Waals surface area contributed by atoms with Crippen molar-refractivity contribution >= 4 is 39.1 Å². The van der Waals surface area contributed by atoms with Gasteiger partial charge in [-0.05, 0) is 36.2 Å². The smallest absolute Gasteiger partial charge is 0.262 e. The SMILES string of the molecule is Cc1c(C(=O)NCC2COc3ccccc3O2)sc2ncn(Cc3ccccc3Cl)c(=O)c12. The summed E-state index contributed by atoms with van der Waals surface area (Å²) in [6, 6.07) is 14.8. The van der Waals surface area contributed by atoms with Gasteiger partial charge in [-0.1, -0.05) is 41.9 Å². The Morgan fingerprint density at radius 1 is 1.21 bits per heavy atom. The number of thiophene rings is 1. The molecule has 5 rings (SSSR count). The molecule has 1 unspecified atom stereocenters. The second-order valence-corrected chi connectivity index (χ2v) is 9.12. The van der Waals surface area contributed by atoms with Crippen LogP contribution in [0.2, 0.25) is 5.02 Å². The molecule has 33 heavy (non-hydrogen) atoms. The van der Waals surface area contributed by atoms with Crippen LogP contribution in [-0.4, -0.2) is 34.7 Å². The molecule has 0 saturated heterocycles. The molecule has 3 heterocycles. The van der Waals surface area contributed by atoms with Gasteiger partial charge in [0, 0.05) is 5.02 Å². The van der Waals surface area contributed by atoms with Crippen LogP contribution >= 0.6 is 22.9 Å². The lowest BCUT2D eigenvalue weighted by molar-refractivity contribution is 0.0791. The summed E-state index contributed by atoms with van der Waals surface area (Å²) in [7, 11) is 0. The van der Waals surface area contributed by atoms with Gasteiger partial charge in [0.05, 0.1) is 29.7 Å². The fourth-order valence-electron chi connectivity index (χ4n) is 3.75. The van der Waals surface area contributed by atoms with Gasteiger partial charge >= 0.3 is 0 Å². The van der Waals surface area contributed by atoms with Crippen LogP contribution in [0.4, 0.5) is 0 Å². The Bertz CT molecular complexity index is 1410. The fraction of sp³-hybridized carbons (Fsp3) is 0.208. The van der Waals surface area contributed by atoms with E-state index in [1.165, 1.54) is 22.2 Å².